The summed E-state index contributed by atoms with van der Waals surface area (Å²) in [7, 11) is -3.63. The number of amides is 1. The largest absolute Gasteiger partial charge is 0.333 e. The minimum Gasteiger partial charge on any atom is -0.333 e. The van der Waals surface area contributed by atoms with Crippen LogP contribution in [0, 0.1) is 0 Å². The fourth-order valence-corrected chi connectivity index (χ4v) is 6.95. The summed E-state index contributed by atoms with van der Waals surface area (Å²) in [5.74, 6) is -0.0279. The first-order valence-corrected chi connectivity index (χ1v) is 13.6. The molecule has 0 saturated carbocycles. The molecule has 2 heterocycles. The quantitative estimate of drug-likeness (QED) is 0.587. The van der Waals surface area contributed by atoms with Gasteiger partial charge in [0.25, 0.3) is 0 Å². The lowest BCUT2D eigenvalue weighted by molar-refractivity contribution is -0.131. The fourth-order valence-electron chi connectivity index (χ4n) is 4.75. The highest BCUT2D eigenvalue weighted by atomic mass is 32.2. The molecule has 0 bridgehead atoms. The smallest absolute Gasteiger partial charge is 0.240 e. The van der Waals surface area contributed by atoms with Crippen molar-refractivity contribution in [1.82, 2.24) is 14.6 Å². The maximum Gasteiger partial charge on any atom is 0.240 e. The minimum absolute atomic E-state index is 0.0165. The van der Waals surface area contributed by atoms with Gasteiger partial charge in [0.15, 0.2) is 0 Å². The van der Waals surface area contributed by atoms with Gasteiger partial charge in [-0.15, -0.1) is 11.3 Å². The Bertz CT molecular complexity index is 1220. The van der Waals surface area contributed by atoms with Gasteiger partial charge in [-0.2, -0.15) is 0 Å². The highest BCUT2D eigenvalue weighted by Crippen LogP contribution is 2.36. The van der Waals surface area contributed by atoms with Gasteiger partial charge >= 0.3 is 0 Å². The number of nitrogens with one attached hydrogen (secondary N) is 1. The normalized spacial score (nSPS) is 18.8. The summed E-state index contributed by atoms with van der Waals surface area (Å²) in [6.07, 6.45) is 6.19. The molecule has 2 aromatic carbocycles. The molecule has 1 aromatic heterocycles. The van der Waals surface area contributed by atoms with Crippen LogP contribution in [-0.4, -0.2) is 37.3 Å². The molecule has 6 nitrogen and oxygen atoms in total. The van der Waals surface area contributed by atoms with E-state index in [9.17, 15) is 13.2 Å². The minimum atomic E-state index is -3.63. The van der Waals surface area contributed by atoms with Crippen LogP contribution in [0.4, 0.5) is 0 Å². The van der Waals surface area contributed by atoms with E-state index in [1.165, 1.54) is 5.56 Å². The molecule has 1 fully saturated rings. The van der Waals surface area contributed by atoms with Gasteiger partial charge < -0.3 is 4.90 Å². The molecule has 5 rings (SSSR count). The molecule has 0 spiro atoms. The number of aromatic nitrogens is 1. The molecule has 0 radical (unpaired) electrons. The van der Waals surface area contributed by atoms with Crippen LogP contribution in [0.15, 0.2) is 47.4 Å². The molecule has 3 aromatic rings. The summed E-state index contributed by atoms with van der Waals surface area (Å²) in [4.78, 5) is 19.8. The maximum absolute atomic E-state index is 12.9. The Kier molecular flexibility index (Phi) is 6.01. The van der Waals surface area contributed by atoms with Crippen LogP contribution in [-0.2, 0) is 27.7 Å². The summed E-state index contributed by atoms with van der Waals surface area (Å²) in [6.45, 7) is 0.790. The SMILES string of the molecule is O=C(CCNS(=O)(=O)c1ccc2c(c1)CCCC2)N1CCC[C@H]1c1nc2ccccc2s1. The third-order valence-electron chi connectivity index (χ3n) is 6.43. The Morgan fingerprint density at radius 2 is 1.91 bits per heavy atom. The first-order chi connectivity index (χ1) is 15.5. The summed E-state index contributed by atoms with van der Waals surface area (Å²) in [6, 6.07) is 13.4. The molecule has 0 unspecified atom stereocenters. The van der Waals surface area contributed by atoms with Crippen molar-refractivity contribution in [2.45, 2.75) is 55.9 Å². The van der Waals surface area contributed by atoms with Gasteiger partial charge in [-0.3, -0.25) is 4.79 Å². The predicted molar refractivity (Wildman–Crippen MR) is 126 cm³/mol. The van der Waals surface area contributed by atoms with Gasteiger partial charge in [-0.05, 0) is 73.9 Å². The monoisotopic (exact) mass is 469 g/mol. The maximum atomic E-state index is 12.9. The molecule has 32 heavy (non-hydrogen) atoms. The topological polar surface area (TPSA) is 79.4 Å². The number of rotatable bonds is 6. The fraction of sp³-hybridized carbons (Fsp3) is 0.417. The number of sulfonamides is 1. The van der Waals surface area contributed by atoms with E-state index in [0.29, 0.717) is 11.4 Å². The number of nitrogens with zero attached hydrogens (tertiary/aromatic N) is 2. The predicted octanol–water partition coefficient (Wildman–Crippen LogP) is 4.21. The van der Waals surface area contributed by atoms with Crippen molar-refractivity contribution in [3.8, 4) is 0 Å². The summed E-state index contributed by atoms with van der Waals surface area (Å²) in [5.41, 5.74) is 3.34. The Morgan fingerprint density at radius 3 is 2.75 bits per heavy atom. The molecule has 168 valence electrons. The second-order valence-corrected chi connectivity index (χ2v) is 11.4. The second-order valence-electron chi connectivity index (χ2n) is 8.55. The van der Waals surface area contributed by atoms with Crippen molar-refractivity contribution >= 4 is 37.5 Å². The molecule has 1 aliphatic carbocycles. The van der Waals surface area contributed by atoms with Gasteiger partial charge in [0.2, 0.25) is 15.9 Å². The average Bonchev–Trinajstić information content (AvgIpc) is 3.45. The lowest BCUT2D eigenvalue weighted by atomic mass is 9.92. The van der Waals surface area contributed by atoms with E-state index in [0.717, 1.165) is 59.3 Å². The number of aryl methyl sites for hydroxylation is 2. The number of hydrogen-bond donors (Lipinski definition) is 1. The number of carbonyl (C=O) groups is 1. The molecular weight excluding hydrogens is 442 g/mol. The number of fused-ring (bicyclic) bond motifs is 2. The number of hydrogen-bond acceptors (Lipinski definition) is 5. The van der Waals surface area contributed by atoms with Crippen LogP contribution in [0.2, 0.25) is 0 Å². The molecule has 2 aliphatic rings. The standard InChI is InChI=1S/C24H27N3O3S2/c28-23(27-15-5-9-21(27)24-26-20-8-3-4-10-22(20)31-24)13-14-25-32(29,30)19-12-11-17-6-1-2-7-18(17)16-19/h3-4,8,10-12,16,21,25H,1-2,5-7,9,13-15H2/t21-/m0/s1. The van der Waals surface area contributed by atoms with Crippen LogP contribution in [0.1, 0.15) is 54.3 Å². The third kappa shape index (κ3) is 4.31. The van der Waals surface area contributed by atoms with Crippen LogP contribution in [0.5, 0.6) is 0 Å². The van der Waals surface area contributed by atoms with Crippen molar-refractivity contribution in [2.75, 3.05) is 13.1 Å². The van der Waals surface area contributed by atoms with Crippen LogP contribution >= 0.6 is 11.3 Å². The highest BCUT2D eigenvalue weighted by molar-refractivity contribution is 7.89. The summed E-state index contributed by atoms with van der Waals surface area (Å²) in [5, 5.41) is 0.965. The average molecular weight is 470 g/mol. The molecule has 1 N–H and O–H groups in total. The molecular formula is C24H27N3O3S2. The first-order valence-electron chi connectivity index (χ1n) is 11.3. The van der Waals surface area contributed by atoms with E-state index >= 15 is 0 Å². The Balaban J connectivity index is 1.22. The molecule has 1 aliphatic heterocycles. The lowest BCUT2D eigenvalue weighted by Crippen LogP contribution is -2.34. The van der Waals surface area contributed by atoms with Gasteiger partial charge in [0.05, 0.1) is 21.2 Å². The summed E-state index contributed by atoms with van der Waals surface area (Å²) >= 11 is 1.64. The van der Waals surface area contributed by atoms with E-state index in [-0.39, 0.29) is 24.9 Å². The zero-order chi connectivity index (χ0) is 22.1. The van der Waals surface area contributed by atoms with Crippen LogP contribution < -0.4 is 4.72 Å². The molecule has 8 heteroatoms. The second kappa shape index (κ2) is 8.92. The van der Waals surface area contributed by atoms with Crippen molar-refractivity contribution in [2.24, 2.45) is 0 Å². The van der Waals surface area contributed by atoms with Crippen LogP contribution in [0.3, 0.4) is 0 Å². The Labute approximate surface area is 192 Å². The van der Waals surface area contributed by atoms with E-state index in [1.54, 1.807) is 23.5 Å². The molecule has 1 saturated heterocycles. The number of carbonyl (C=O) groups excluding carboxylic acids is 1. The Hall–Kier alpha value is -2.29. The van der Waals surface area contributed by atoms with Crippen molar-refractivity contribution in [3.05, 3.63) is 58.6 Å². The molecule has 1 amide bonds. The lowest BCUT2D eigenvalue weighted by Gasteiger charge is -2.23. The number of benzene rings is 2. The van der Waals surface area contributed by atoms with Crippen molar-refractivity contribution < 1.29 is 13.2 Å². The van der Waals surface area contributed by atoms with Gasteiger partial charge in [0.1, 0.15) is 5.01 Å². The number of thiazole rings is 1. The van der Waals surface area contributed by atoms with Gasteiger partial charge in [-0.25, -0.2) is 18.1 Å². The third-order valence-corrected chi connectivity index (χ3v) is 9.03. The number of para-hydroxylation sites is 1. The van der Waals surface area contributed by atoms with E-state index in [1.807, 2.05) is 35.2 Å². The van der Waals surface area contributed by atoms with Crippen molar-refractivity contribution in [3.63, 3.8) is 0 Å². The van der Waals surface area contributed by atoms with Gasteiger partial charge in [0, 0.05) is 19.5 Å². The zero-order valence-corrected chi connectivity index (χ0v) is 19.6. The van der Waals surface area contributed by atoms with E-state index < -0.39 is 10.0 Å². The van der Waals surface area contributed by atoms with Crippen molar-refractivity contribution in [1.29, 1.82) is 0 Å². The highest BCUT2D eigenvalue weighted by Gasteiger charge is 2.32. The Morgan fingerprint density at radius 1 is 1.09 bits per heavy atom. The van der Waals surface area contributed by atoms with E-state index in [2.05, 4.69) is 4.72 Å². The van der Waals surface area contributed by atoms with Gasteiger partial charge in [-0.1, -0.05) is 18.2 Å². The first kappa shape index (κ1) is 21.6. The van der Waals surface area contributed by atoms with E-state index in [4.69, 9.17) is 4.98 Å². The van der Waals surface area contributed by atoms with Crippen LogP contribution in [0.25, 0.3) is 10.2 Å². The number of likely N-dealkylation sites (tertiary alicyclic amines) is 1. The molecule has 1 atom stereocenters. The summed E-state index contributed by atoms with van der Waals surface area (Å²) < 4.78 is 29.3. The zero-order valence-electron chi connectivity index (χ0n) is 17.9.